The van der Waals surface area contributed by atoms with E-state index in [1.165, 1.54) is 22.4 Å². The number of hydrogen-bond donors (Lipinski definition) is 2. The molecular formula is C20H20ClN5. The first-order chi connectivity index (χ1) is 12.5. The lowest BCUT2D eigenvalue weighted by molar-refractivity contribution is 0.830. The summed E-state index contributed by atoms with van der Waals surface area (Å²) in [4.78, 5) is 10.4. The van der Waals surface area contributed by atoms with Crippen molar-refractivity contribution in [2.75, 3.05) is 22.9 Å². The quantitative estimate of drug-likeness (QED) is 0.737. The lowest BCUT2D eigenvalue weighted by atomic mass is 9.97. The molecule has 0 fully saturated rings. The van der Waals surface area contributed by atoms with Crippen molar-refractivity contribution in [3.8, 4) is 11.1 Å². The molecule has 0 spiro atoms. The molecule has 0 saturated carbocycles. The number of nitrogen functional groups attached to an aromatic ring is 2. The van der Waals surface area contributed by atoms with Crippen molar-refractivity contribution in [1.82, 2.24) is 9.97 Å². The number of nitrogens with two attached hydrogens (primary N) is 2. The lowest BCUT2D eigenvalue weighted by Crippen LogP contribution is -2.21. The van der Waals surface area contributed by atoms with Crippen molar-refractivity contribution < 1.29 is 0 Å². The Bertz CT molecular complexity index is 986. The van der Waals surface area contributed by atoms with Crippen molar-refractivity contribution in [3.63, 3.8) is 0 Å². The minimum absolute atomic E-state index is 0.202. The summed E-state index contributed by atoms with van der Waals surface area (Å²) in [6, 6.07) is 12.6. The highest BCUT2D eigenvalue weighted by Crippen LogP contribution is 2.38. The van der Waals surface area contributed by atoms with E-state index in [0.717, 1.165) is 29.1 Å². The van der Waals surface area contributed by atoms with E-state index >= 15 is 0 Å². The van der Waals surface area contributed by atoms with E-state index in [2.05, 4.69) is 45.2 Å². The summed E-state index contributed by atoms with van der Waals surface area (Å²) in [5.41, 5.74) is 18.6. The average Bonchev–Trinajstić information content (AvgIpc) is 3.03. The molecule has 0 saturated heterocycles. The molecule has 6 heteroatoms. The predicted octanol–water partition coefficient (Wildman–Crippen LogP) is 3.83. The Labute approximate surface area is 157 Å². The van der Waals surface area contributed by atoms with Crippen molar-refractivity contribution in [3.05, 3.63) is 64.3 Å². The largest absolute Gasteiger partial charge is 0.383 e. The third-order valence-electron chi connectivity index (χ3n) is 4.87. The minimum Gasteiger partial charge on any atom is -0.383 e. The predicted molar refractivity (Wildman–Crippen MR) is 107 cm³/mol. The Hall–Kier alpha value is -2.79. The van der Waals surface area contributed by atoms with Crippen LogP contribution in [-0.4, -0.2) is 16.5 Å². The molecule has 0 aliphatic carbocycles. The van der Waals surface area contributed by atoms with Gasteiger partial charge in [-0.15, -0.1) is 0 Å². The molecule has 4 N–H and O–H groups in total. The molecule has 0 bridgehead atoms. The van der Waals surface area contributed by atoms with E-state index in [9.17, 15) is 0 Å². The van der Waals surface area contributed by atoms with Crippen molar-refractivity contribution >= 4 is 29.1 Å². The molecule has 3 aromatic rings. The molecule has 0 amide bonds. The highest BCUT2D eigenvalue weighted by atomic mass is 35.5. The topological polar surface area (TPSA) is 81.1 Å². The van der Waals surface area contributed by atoms with E-state index < -0.39 is 0 Å². The number of hydrogen-bond acceptors (Lipinski definition) is 5. The van der Waals surface area contributed by atoms with Crippen molar-refractivity contribution in [2.24, 2.45) is 0 Å². The molecule has 2 aromatic carbocycles. The Morgan fingerprint density at radius 3 is 2.81 bits per heavy atom. The van der Waals surface area contributed by atoms with Crippen LogP contribution in [0.1, 0.15) is 16.7 Å². The van der Waals surface area contributed by atoms with Crippen LogP contribution in [0.5, 0.6) is 0 Å². The maximum absolute atomic E-state index is 6.18. The third-order valence-corrected chi connectivity index (χ3v) is 5.29. The van der Waals surface area contributed by atoms with Gasteiger partial charge >= 0.3 is 0 Å². The number of aryl methyl sites for hydroxylation is 1. The van der Waals surface area contributed by atoms with E-state index in [1.807, 2.05) is 13.0 Å². The molecule has 1 aliphatic rings. The Kier molecular flexibility index (Phi) is 4.17. The van der Waals surface area contributed by atoms with Gasteiger partial charge in [0.05, 0.1) is 0 Å². The minimum atomic E-state index is 0.202. The molecule has 5 nitrogen and oxygen atoms in total. The van der Waals surface area contributed by atoms with Crippen LogP contribution < -0.4 is 16.4 Å². The first-order valence-electron chi connectivity index (χ1n) is 8.53. The van der Waals surface area contributed by atoms with Gasteiger partial charge in [-0.3, -0.25) is 0 Å². The first kappa shape index (κ1) is 16.7. The zero-order valence-electron chi connectivity index (χ0n) is 14.5. The van der Waals surface area contributed by atoms with Crippen LogP contribution in [-0.2, 0) is 13.0 Å². The summed E-state index contributed by atoms with van der Waals surface area (Å²) in [6.07, 6.45) is 2.70. The van der Waals surface area contributed by atoms with E-state index in [-0.39, 0.29) is 5.95 Å². The van der Waals surface area contributed by atoms with Gasteiger partial charge in [-0.05, 0) is 53.8 Å². The number of anilines is 3. The molecule has 132 valence electrons. The second-order valence-electron chi connectivity index (χ2n) is 6.58. The molecule has 1 aliphatic heterocycles. The van der Waals surface area contributed by atoms with Crippen LogP contribution >= 0.6 is 11.6 Å². The summed E-state index contributed by atoms with van der Waals surface area (Å²) in [6.45, 7) is 3.64. The Morgan fingerprint density at radius 1 is 1.19 bits per heavy atom. The second-order valence-corrected chi connectivity index (χ2v) is 6.98. The number of fused-ring (bicyclic) bond motifs is 1. The molecule has 1 aromatic heterocycles. The summed E-state index contributed by atoms with van der Waals surface area (Å²) in [7, 11) is 0. The van der Waals surface area contributed by atoms with Gasteiger partial charge in [0.25, 0.3) is 0 Å². The number of aromatic nitrogens is 2. The maximum atomic E-state index is 6.18. The summed E-state index contributed by atoms with van der Waals surface area (Å²) >= 11 is 6.18. The van der Waals surface area contributed by atoms with Crippen LogP contribution in [0.2, 0.25) is 5.02 Å². The van der Waals surface area contributed by atoms with Crippen LogP contribution in [0.3, 0.4) is 0 Å². The summed E-state index contributed by atoms with van der Waals surface area (Å²) in [5, 5.41) is 0.793. The first-order valence-corrected chi connectivity index (χ1v) is 8.91. The Morgan fingerprint density at radius 2 is 2.04 bits per heavy atom. The van der Waals surface area contributed by atoms with Gasteiger partial charge in [-0.25, -0.2) is 4.98 Å². The highest BCUT2D eigenvalue weighted by molar-refractivity contribution is 6.31. The van der Waals surface area contributed by atoms with E-state index in [1.54, 1.807) is 6.20 Å². The SMILES string of the molecule is Cc1cc(-c2cccc3c2CCN3Cc2cnc(N)nc2N)ccc1Cl. The van der Waals surface area contributed by atoms with Crippen LogP contribution in [0.4, 0.5) is 17.5 Å². The molecular weight excluding hydrogens is 346 g/mol. The molecule has 2 heterocycles. The molecule has 0 radical (unpaired) electrons. The van der Waals surface area contributed by atoms with Gasteiger partial charge in [0.2, 0.25) is 5.95 Å². The highest BCUT2D eigenvalue weighted by Gasteiger charge is 2.23. The van der Waals surface area contributed by atoms with Gasteiger partial charge in [0.1, 0.15) is 5.82 Å². The fourth-order valence-corrected chi connectivity index (χ4v) is 3.63. The molecule has 4 rings (SSSR count). The van der Waals surface area contributed by atoms with E-state index in [0.29, 0.717) is 12.4 Å². The monoisotopic (exact) mass is 365 g/mol. The van der Waals surface area contributed by atoms with Crippen LogP contribution in [0.15, 0.2) is 42.6 Å². The fourth-order valence-electron chi connectivity index (χ4n) is 3.51. The average molecular weight is 366 g/mol. The Balaban J connectivity index is 1.68. The maximum Gasteiger partial charge on any atom is 0.221 e. The normalized spacial score (nSPS) is 13.1. The summed E-state index contributed by atoms with van der Waals surface area (Å²) in [5.74, 6) is 0.642. The van der Waals surface area contributed by atoms with Gasteiger partial charge in [-0.1, -0.05) is 29.8 Å². The van der Waals surface area contributed by atoms with Gasteiger partial charge in [0, 0.05) is 35.6 Å². The fraction of sp³-hybridized carbons (Fsp3) is 0.200. The second kappa shape index (κ2) is 6.50. The van der Waals surface area contributed by atoms with Crippen molar-refractivity contribution in [2.45, 2.75) is 19.9 Å². The summed E-state index contributed by atoms with van der Waals surface area (Å²) < 4.78 is 0. The van der Waals surface area contributed by atoms with E-state index in [4.69, 9.17) is 23.1 Å². The number of nitrogens with zero attached hydrogens (tertiary/aromatic N) is 3. The third kappa shape index (κ3) is 2.95. The van der Waals surface area contributed by atoms with Crippen LogP contribution in [0, 0.1) is 6.92 Å². The smallest absolute Gasteiger partial charge is 0.221 e. The van der Waals surface area contributed by atoms with Crippen molar-refractivity contribution in [1.29, 1.82) is 0 Å². The van der Waals surface area contributed by atoms with Gasteiger partial charge in [-0.2, -0.15) is 4.98 Å². The standard InChI is InChI=1S/C20H20ClN5/c1-12-9-13(5-6-17(12)21)15-3-2-4-18-16(15)7-8-26(18)11-14-10-24-20(23)25-19(14)22/h2-6,9-10H,7-8,11H2,1H3,(H4,22,23,24,25). The van der Waals surface area contributed by atoms with Gasteiger partial charge in [0.15, 0.2) is 0 Å². The lowest BCUT2D eigenvalue weighted by Gasteiger charge is -2.20. The van der Waals surface area contributed by atoms with Crippen LogP contribution in [0.25, 0.3) is 11.1 Å². The molecule has 0 unspecified atom stereocenters. The molecule has 26 heavy (non-hydrogen) atoms. The number of halogens is 1. The number of rotatable bonds is 3. The number of benzene rings is 2. The molecule has 0 atom stereocenters. The van der Waals surface area contributed by atoms with Gasteiger partial charge < -0.3 is 16.4 Å². The zero-order valence-corrected chi connectivity index (χ0v) is 15.3. The zero-order chi connectivity index (χ0) is 18.3.